The summed E-state index contributed by atoms with van der Waals surface area (Å²) in [6, 6.07) is 16.5. The molecule has 0 aromatic heterocycles. The first-order valence-corrected chi connectivity index (χ1v) is 10.4. The molecule has 2 amide bonds. The molecule has 0 radical (unpaired) electrons. The van der Waals surface area contributed by atoms with Crippen molar-refractivity contribution in [1.29, 1.82) is 0 Å². The molecule has 0 N–H and O–H groups in total. The van der Waals surface area contributed by atoms with Gasteiger partial charge >= 0.3 is 0 Å². The number of nitrogens with zero attached hydrogens (tertiary/aromatic N) is 2. The van der Waals surface area contributed by atoms with E-state index in [0.717, 1.165) is 37.9 Å². The summed E-state index contributed by atoms with van der Waals surface area (Å²) in [6.45, 7) is 2.71. The van der Waals surface area contributed by atoms with Crippen LogP contribution in [0, 0.1) is 11.2 Å². The fourth-order valence-corrected chi connectivity index (χ4v) is 4.54. The second-order valence-electron chi connectivity index (χ2n) is 8.25. The monoisotopic (exact) mass is 394 g/mol. The van der Waals surface area contributed by atoms with Gasteiger partial charge in [-0.3, -0.25) is 9.59 Å². The van der Waals surface area contributed by atoms with E-state index in [0.29, 0.717) is 25.9 Å². The molecule has 4 rings (SSSR count). The van der Waals surface area contributed by atoms with E-state index >= 15 is 0 Å². The number of hydrogen-bond donors (Lipinski definition) is 0. The Labute approximate surface area is 171 Å². The Morgan fingerprint density at radius 2 is 1.62 bits per heavy atom. The number of carbonyl (C=O) groups excluding carboxylic acids is 2. The van der Waals surface area contributed by atoms with E-state index in [-0.39, 0.29) is 23.0 Å². The molecule has 2 saturated heterocycles. The van der Waals surface area contributed by atoms with Gasteiger partial charge in [0.2, 0.25) is 11.8 Å². The van der Waals surface area contributed by atoms with Gasteiger partial charge in [-0.05, 0) is 48.9 Å². The molecule has 0 saturated carbocycles. The highest BCUT2D eigenvalue weighted by molar-refractivity contribution is 5.87. The fraction of sp³-hybridized carbons (Fsp3) is 0.417. The van der Waals surface area contributed by atoms with Gasteiger partial charge in [0.05, 0.1) is 5.41 Å². The predicted molar refractivity (Wildman–Crippen MR) is 110 cm³/mol. The molecule has 2 aliphatic rings. The van der Waals surface area contributed by atoms with Crippen molar-refractivity contribution >= 4 is 11.8 Å². The van der Waals surface area contributed by atoms with Gasteiger partial charge in [-0.2, -0.15) is 0 Å². The molecule has 1 atom stereocenters. The minimum absolute atomic E-state index is 0.0849. The van der Waals surface area contributed by atoms with Crippen LogP contribution in [-0.4, -0.2) is 47.8 Å². The molecule has 5 heteroatoms. The quantitative estimate of drug-likeness (QED) is 0.753. The largest absolute Gasteiger partial charge is 0.342 e. The van der Waals surface area contributed by atoms with E-state index in [1.54, 1.807) is 12.1 Å². The van der Waals surface area contributed by atoms with E-state index in [2.05, 4.69) is 12.1 Å². The maximum Gasteiger partial charge on any atom is 0.230 e. The van der Waals surface area contributed by atoms with Gasteiger partial charge in [-0.25, -0.2) is 4.39 Å². The summed E-state index contributed by atoms with van der Waals surface area (Å²) >= 11 is 0. The molecule has 152 valence electrons. The molecule has 29 heavy (non-hydrogen) atoms. The highest BCUT2D eigenvalue weighted by atomic mass is 19.1. The predicted octanol–water partition coefficient (Wildman–Crippen LogP) is 3.45. The minimum atomic E-state index is -0.387. The van der Waals surface area contributed by atoms with Crippen molar-refractivity contribution in [3.8, 4) is 0 Å². The number of likely N-dealkylation sites (tertiary alicyclic amines) is 2. The molecule has 0 bridgehead atoms. The molecular formula is C24H27FN2O2. The first-order valence-electron chi connectivity index (χ1n) is 10.4. The average Bonchev–Trinajstić information content (AvgIpc) is 3.32. The molecule has 1 spiro atoms. The van der Waals surface area contributed by atoms with E-state index in [1.165, 1.54) is 17.7 Å². The topological polar surface area (TPSA) is 40.6 Å². The van der Waals surface area contributed by atoms with Crippen molar-refractivity contribution in [1.82, 2.24) is 9.80 Å². The Hall–Kier alpha value is -2.69. The molecule has 2 aromatic carbocycles. The third-order valence-corrected chi connectivity index (χ3v) is 6.36. The lowest BCUT2D eigenvalue weighted by atomic mass is 9.85. The molecule has 2 aromatic rings. The molecule has 2 fully saturated rings. The van der Waals surface area contributed by atoms with Crippen molar-refractivity contribution in [2.45, 2.75) is 32.1 Å². The first kappa shape index (κ1) is 19.6. The second-order valence-corrected chi connectivity index (χ2v) is 8.25. The molecule has 2 heterocycles. The van der Waals surface area contributed by atoms with Crippen LogP contribution < -0.4 is 0 Å². The third-order valence-electron chi connectivity index (χ3n) is 6.36. The number of carbonyl (C=O) groups is 2. The summed E-state index contributed by atoms with van der Waals surface area (Å²) in [5, 5.41) is 0. The SMILES string of the molecule is O=C(CCc1ccc(F)cc1)N1CCC2(CCN(CCc3ccccc3)C2=O)C1. The maximum atomic E-state index is 13.1. The minimum Gasteiger partial charge on any atom is -0.342 e. The van der Waals surface area contributed by atoms with Crippen LogP contribution in [0.15, 0.2) is 54.6 Å². The number of benzene rings is 2. The van der Waals surface area contributed by atoms with Crippen molar-refractivity contribution in [2.24, 2.45) is 5.41 Å². The summed E-state index contributed by atoms with van der Waals surface area (Å²) in [6.07, 6.45) is 3.45. The van der Waals surface area contributed by atoms with Crippen LogP contribution in [0.25, 0.3) is 0 Å². The molecule has 2 aliphatic heterocycles. The van der Waals surface area contributed by atoms with Crippen LogP contribution >= 0.6 is 0 Å². The number of amides is 2. The smallest absolute Gasteiger partial charge is 0.230 e. The van der Waals surface area contributed by atoms with Gasteiger partial charge in [0.1, 0.15) is 5.82 Å². The normalized spacial score (nSPS) is 21.3. The lowest BCUT2D eigenvalue weighted by molar-refractivity contribution is -0.136. The van der Waals surface area contributed by atoms with E-state index < -0.39 is 0 Å². The summed E-state index contributed by atoms with van der Waals surface area (Å²) in [7, 11) is 0. The van der Waals surface area contributed by atoms with Crippen LogP contribution in [0.4, 0.5) is 4.39 Å². The zero-order valence-electron chi connectivity index (χ0n) is 16.6. The highest BCUT2D eigenvalue weighted by Crippen LogP contribution is 2.40. The number of rotatable bonds is 6. The summed E-state index contributed by atoms with van der Waals surface area (Å²) in [5.41, 5.74) is 1.81. The van der Waals surface area contributed by atoms with Gasteiger partial charge < -0.3 is 9.80 Å². The number of aryl methyl sites for hydroxylation is 1. The first-order chi connectivity index (χ1) is 14.1. The van der Waals surface area contributed by atoms with Gasteiger partial charge in [-0.1, -0.05) is 42.5 Å². The van der Waals surface area contributed by atoms with Gasteiger partial charge in [0.15, 0.2) is 0 Å². The number of hydrogen-bond acceptors (Lipinski definition) is 2. The van der Waals surface area contributed by atoms with Crippen LogP contribution in [0.3, 0.4) is 0 Å². The Bertz CT molecular complexity index is 868. The van der Waals surface area contributed by atoms with Crippen molar-refractivity contribution in [3.05, 3.63) is 71.5 Å². The summed E-state index contributed by atoms with van der Waals surface area (Å²) in [5.74, 6) is 0.0297. The van der Waals surface area contributed by atoms with Gasteiger partial charge in [-0.15, -0.1) is 0 Å². The fourth-order valence-electron chi connectivity index (χ4n) is 4.54. The van der Waals surface area contributed by atoms with Crippen LogP contribution in [0.2, 0.25) is 0 Å². The highest BCUT2D eigenvalue weighted by Gasteiger charge is 2.51. The number of halogens is 1. The van der Waals surface area contributed by atoms with Crippen molar-refractivity contribution in [3.63, 3.8) is 0 Å². The standard InChI is InChI=1S/C24H27FN2O2/c25-21-9-6-20(7-10-21)8-11-22(28)27-17-14-24(18-27)13-16-26(23(24)29)15-12-19-4-2-1-3-5-19/h1-7,9-10H,8,11-18H2. The van der Waals surface area contributed by atoms with E-state index in [9.17, 15) is 14.0 Å². The Morgan fingerprint density at radius 3 is 2.38 bits per heavy atom. The summed E-state index contributed by atoms with van der Waals surface area (Å²) in [4.78, 5) is 29.6. The molecular weight excluding hydrogens is 367 g/mol. The van der Waals surface area contributed by atoms with Crippen LogP contribution in [0.5, 0.6) is 0 Å². The molecule has 4 nitrogen and oxygen atoms in total. The van der Waals surface area contributed by atoms with Gasteiger partial charge in [0, 0.05) is 32.6 Å². The maximum absolute atomic E-state index is 13.1. The van der Waals surface area contributed by atoms with Crippen LogP contribution in [-0.2, 0) is 22.4 Å². The Balaban J connectivity index is 1.29. The summed E-state index contributed by atoms with van der Waals surface area (Å²) < 4.78 is 13.0. The zero-order valence-corrected chi connectivity index (χ0v) is 16.6. The Kier molecular flexibility index (Phi) is 5.65. The molecule has 0 aliphatic carbocycles. The van der Waals surface area contributed by atoms with E-state index in [1.807, 2.05) is 28.0 Å². The Morgan fingerprint density at radius 1 is 0.931 bits per heavy atom. The van der Waals surface area contributed by atoms with E-state index in [4.69, 9.17) is 0 Å². The van der Waals surface area contributed by atoms with Crippen molar-refractivity contribution < 1.29 is 14.0 Å². The lowest BCUT2D eigenvalue weighted by Gasteiger charge is -2.24. The third kappa shape index (κ3) is 4.34. The zero-order chi connectivity index (χ0) is 20.3. The lowest BCUT2D eigenvalue weighted by Crippen LogP contribution is -2.39. The average molecular weight is 394 g/mol. The second kappa shape index (κ2) is 8.36. The van der Waals surface area contributed by atoms with Crippen molar-refractivity contribution in [2.75, 3.05) is 26.2 Å². The molecule has 1 unspecified atom stereocenters. The van der Waals surface area contributed by atoms with Gasteiger partial charge in [0.25, 0.3) is 0 Å². The van der Waals surface area contributed by atoms with Crippen LogP contribution in [0.1, 0.15) is 30.4 Å².